The molecule has 0 saturated carbocycles. The third-order valence-corrected chi connectivity index (χ3v) is 8.12. The van der Waals surface area contributed by atoms with E-state index >= 15 is 0 Å². The number of unbranched alkanes of at least 4 members (excludes halogenated alkanes) is 10. The van der Waals surface area contributed by atoms with E-state index in [0.29, 0.717) is 0 Å². The zero-order valence-corrected chi connectivity index (χ0v) is 23.0. The first-order chi connectivity index (χ1) is 18.3. The van der Waals surface area contributed by atoms with Crippen molar-refractivity contribution < 1.29 is 9.31 Å². The summed E-state index contributed by atoms with van der Waals surface area (Å²) in [4.78, 5) is 0. The fraction of sp³-hybridized carbons (Fsp3) is 0.471. The first kappa shape index (κ1) is 26.0. The van der Waals surface area contributed by atoms with Crippen molar-refractivity contribution in [3.63, 3.8) is 0 Å². The summed E-state index contributed by atoms with van der Waals surface area (Å²) in [6.45, 7) is 4.56. The second kappa shape index (κ2) is 12.7. The molecule has 2 heterocycles. The van der Waals surface area contributed by atoms with Crippen LogP contribution in [0, 0.1) is 0 Å². The van der Waals surface area contributed by atoms with E-state index < -0.39 is 0 Å². The molecule has 0 atom stereocenters. The van der Waals surface area contributed by atoms with Crippen molar-refractivity contribution in [2.75, 3.05) is 0 Å². The van der Waals surface area contributed by atoms with Crippen molar-refractivity contribution in [1.29, 1.82) is 0 Å². The number of hydrogen-bond acceptors (Lipinski definition) is 2. The molecular weight excluding hydrogens is 451 g/mol. The second-order valence-corrected chi connectivity index (χ2v) is 11.0. The van der Waals surface area contributed by atoms with Gasteiger partial charge in [0.15, 0.2) is 0 Å². The van der Waals surface area contributed by atoms with Gasteiger partial charge in [-0.3, -0.25) is 0 Å². The molecular formula is C34H43BO2. The maximum absolute atomic E-state index is 6.44. The standard InChI is InChI=1S/C34H43BO2/c1-3-5-7-9-11-13-16-26-20-22-32-30(24-26)28-18-15-19-29-31-25-27(17-14-12-10-8-6-4-2)21-23-33(31)37-35(36-32)34(28)29/h15,18-25H,3-14,16-17H2,1-2H3. The molecule has 0 radical (unpaired) electrons. The molecule has 3 aromatic rings. The van der Waals surface area contributed by atoms with Crippen LogP contribution in [0.15, 0.2) is 54.6 Å². The van der Waals surface area contributed by atoms with Crippen LogP contribution in [0.1, 0.15) is 102 Å². The topological polar surface area (TPSA) is 18.5 Å². The molecule has 194 valence electrons. The van der Waals surface area contributed by atoms with Gasteiger partial charge in [0.1, 0.15) is 11.5 Å². The highest BCUT2D eigenvalue weighted by Crippen LogP contribution is 2.42. The molecule has 3 heteroatoms. The number of hydrogen-bond donors (Lipinski definition) is 0. The van der Waals surface area contributed by atoms with E-state index in [-0.39, 0.29) is 7.12 Å². The highest BCUT2D eigenvalue weighted by molar-refractivity contribution is 6.68. The van der Waals surface area contributed by atoms with E-state index in [1.54, 1.807) is 0 Å². The number of aryl methyl sites for hydroxylation is 2. The molecule has 0 aliphatic carbocycles. The van der Waals surface area contributed by atoms with Crippen molar-refractivity contribution in [3.8, 4) is 33.8 Å². The molecule has 37 heavy (non-hydrogen) atoms. The van der Waals surface area contributed by atoms with Crippen molar-refractivity contribution in [1.82, 2.24) is 0 Å². The monoisotopic (exact) mass is 494 g/mol. The quantitative estimate of drug-likeness (QED) is 0.164. The zero-order chi connectivity index (χ0) is 25.5. The maximum atomic E-state index is 6.44. The van der Waals surface area contributed by atoms with E-state index in [1.807, 2.05) is 0 Å². The van der Waals surface area contributed by atoms with Gasteiger partial charge < -0.3 is 9.31 Å². The van der Waals surface area contributed by atoms with Gasteiger partial charge in [-0.15, -0.1) is 0 Å². The molecule has 2 nitrogen and oxygen atoms in total. The Hall–Kier alpha value is -2.68. The van der Waals surface area contributed by atoms with Crippen molar-refractivity contribution in [3.05, 3.63) is 65.7 Å². The van der Waals surface area contributed by atoms with E-state index in [2.05, 4.69) is 68.4 Å². The van der Waals surface area contributed by atoms with Crippen LogP contribution in [0.4, 0.5) is 0 Å². The van der Waals surface area contributed by atoms with Crippen LogP contribution in [0.25, 0.3) is 22.3 Å². The Morgan fingerprint density at radius 1 is 0.514 bits per heavy atom. The van der Waals surface area contributed by atoms with Crippen LogP contribution >= 0.6 is 0 Å². The lowest BCUT2D eigenvalue weighted by Gasteiger charge is -2.32. The Kier molecular flexibility index (Phi) is 8.92. The van der Waals surface area contributed by atoms with E-state index in [9.17, 15) is 0 Å². The molecule has 0 amide bonds. The summed E-state index contributed by atoms with van der Waals surface area (Å²) < 4.78 is 12.9. The minimum Gasteiger partial charge on any atom is -0.521 e. The Labute approximate surface area is 224 Å². The van der Waals surface area contributed by atoms with E-state index in [1.165, 1.54) is 116 Å². The first-order valence-electron chi connectivity index (χ1n) is 15.0. The zero-order valence-electron chi connectivity index (χ0n) is 23.0. The van der Waals surface area contributed by atoms with Gasteiger partial charge in [0.25, 0.3) is 0 Å². The predicted molar refractivity (Wildman–Crippen MR) is 158 cm³/mol. The minimum atomic E-state index is -0.375. The molecule has 0 aromatic heterocycles. The highest BCUT2D eigenvalue weighted by atomic mass is 16.6. The fourth-order valence-electron chi connectivity index (χ4n) is 5.97. The number of rotatable bonds is 14. The van der Waals surface area contributed by atoms with Crippen LogP contribution in [-0.2, 0) is 12.8 Å². The van der Waals surface area contributed by atoms with Gasteiger partial charge in [0, 0.05) is 16.6 Å². The first-order valence-corrected chi connectivity index (χ1v) is 15.0. The largest absolute Gasteiger partial charge is 0.633 e. The fourth-order valence-corrected chi connectivity index (χ4v) is 5.97. The summed E-state index contributed by atoms with van der Waals surface area (Å²) in [5.74, 6) is 1.87. The van der Waals surface area contributed by atoms with Crippen LogP contribution in [-0.4, -0.2) is 7.12 Å². The smallest absolute Gasteiger partial charge is 0.521 e. The number of fused-ring (bicyclic) bond motifs is 4. The third kappa shape index (κ3) is 6.08. The van der Waals surface area contributed by atoms with Crippen LogP contribution < -0.4 is 14.8 Å². The Bertz CT molecular complexity index is 1100. The Balaban J connectivity index is 1.33. The van der Waals surface area contributed by atoms with Gasteiger partial charge >= 0.3 is 7.12 Å². The predicted octanol–water partition coefficient (Wildman–Crippen LogP) is 9.31. The molecule has 0 bridgehead atoms. The summed E-state index contributed by atoms with van der Waals surface area (Å²) in [5, 5.41) is 0. The summed E-state index contributed by atoms with van der Waals surface area (Å²) in [6.07, 6.45) is 18.2. The van der Waals surface area contributed by atoms with Crippen molar-refractivity contribution in [2.24, 2.45) is 0 Å². The molecule has 3 aromatic carbocycles. The summed E-state index contributed by atoms with van der Waals surface area (Å²) >= 11 is 0. The Morgan fingerprint density at radius 3 is 1.46 bits per heavy atom. The molecule has 0 fully saturated rings. The van der Waals surface area contributed by atoms with Crippen LogP contribution in [0.2, 0.25) is 0 Å². The van der Waals surface area contributed by atoms with Crippen LogP contribution in [0.5, 0.6) is 11.5 Å². The lowest BCUT2D eigenvalue weighted by Crippen LogP contribution is -2.49. The molecule has 0 N–H and O–H groups in total. The second-order valence-electron chi connectivity index (χ2n) is 11.0. The summed E-state index contributed by atoms with van der Waals surface area (Å²) in [6, 6.07) is 20.2. The Morgan fingerprint density at radius 2 is 0.973 bits per heavy atom. The summed E-state index contributed by atoms with van der Waals surface area (Å²) in [5.41, 5.74) is 8.97. The molecule has 2 aliphatic heterocycles. The lowest BCUT2D eigenvalue weighted by atomic mass is 9.66. The third-order valence-electron chi connectivity index (χ3n) is 8.12. The normalized spacial score (nSPS) is 12.9. The van der Waals surface area contributed by atoms with E-state index in [4.69, 9.17) is 9.31 Å². The molecule has 0 saturated heterocycles. The van der Waals surface area contributed by atoms with Gasteiger partial charge in [0.2, 0.25) is 0 Å². The summed E-state index contributed by atoms with van der Waals surface area (Å²) in [7, 11) is -0.375. The molecule has 5 rings (SSSR count). The maximum Gasteiger partial charge on any atom is 0.633 e. The van der Waals surface area contributed by atoms with Crippen molar-refractivity contribution in [2.45, 2.75) is 104 Å². The van der Waals surface area contributed by atoms with Gasteiger partial charge in [-0.25, -0.2) is 0 Å². The minimum absolute atomic E-state index is 0.375. The van der Waals surface area contributed by atoms with Gasteiger partial charge in [0.05, 0.1) is 0 Å². The van der Waals surface area contributed by atoms with Crippen molar-refractivity contribution >= 4 is 12.6 Å². The number of benzene rings is 3. The average molecular weight is 495 g/mol. The van der Waals surface area contributed by atoms with Gasteiger partial charge in [-0.1, -0.05) is 108 Å². The highest BCUT2D eigenvalue weighted by Gasteiger charge is 2.41. The molecule has 2 aliphatic rings. The van der Waals surface area contributed by atoms with E-state index in [0.717, 1.165) is 24.3 Å². The molecule has 0 unspecified atom stereocenters. The van der Waals surface area contributed by atoms with Gasteiger partial charge in [-0.2, -0.15) is 0 Å². The molecule has 0 spiro atoms. The van der Waals surface area contributed by atoms with Crippen LogP contribution in [0.3, 0.4) is 0 Å². The average Bonchev–Trinajstić information content (AvgIpc) is 2.93. The van der Waals surface area contributed by atoms with Gasteiger partial charge in [-0.05, 0) is 72.2 Å². The lowest BCUT2D eigenvalue weighted by molar-refractivity contribution is 0.435. The SMILES string of the molecule is CCCCCCCCc1ccc2c(c1)-c1cccc3c1B(O2)Oc1ccc(CCCCCCCC)cc1-3.